The first-order chi connectivity index (χ1) is 6.85. The highest BCUT2D eigenvalue weighted by molar-refractivity contribution is 8.13. The molecule has 84 valence electrons. The number of hydrogen-bond acceptors (Lipinski definition) is 4. The van der Waals surface area contributed by atoms with E-state index < -0.39 is 26.4 Å². The lowest BCUT2D eigenvalue weighted by Crippen LogP contribution is -2.00. The molecule has 0 amide bonds. The minimum atomic E-state index is -3.80. The van der Waals surface area contributed by atoms with Gasteiger partial charge in [-0.3, -0.25) is 0 Å². The molecule has 0 fully saturated rings. The number of halogens is 2. The van der Waals surface area contributed by atoms with E-state index in [0.29, 0.717) is 0 Å². The molecule has 1 aromatic rings. The van der Waals surface area contributed by atoms with Crippen LogP contribution in [0.5, 0.6) is 11.5 Å². The van der Waals surface area contributed by atoms with Gasteiger partial charge in [0.2, 0.25) is 14.9 Å². The van der Waals surface area contributed by atoms with Gasteiger partial charge < -0.3 is 9.84 Å². The van der Waals surface area contributed by atoms with E-state index in [0.717, 1.165) is 6.07 Å². The van der Waals surface area contributed by atoms with Crippen molar-refractivity contribution in [1.29, 1.82) is 0 Å². The van der Waals surface area contributed by atoms with Crippen LogP contribution in [0.4, 0.5) is 4.39 Å². The molecular formula is C8H8ClFO4S. The van der Waals surface area contributed by atoms with Gasteiger partial charge >= 0.3 is 0 Å². The van der Waals surface area contributed by atoms with Crippen LogP contribution in [0, 0.1) is 5.82 Å². The van der Waals surface area contributed by atoms with Crippen molar-refractivity contribution >= 4 is 19.7 Å². The molecule has 0 atom stereocenters. The predicted molar refractivity (Wildman–Crippen MR) is 53.1 cm³/mol. The van der Waals surface area contributed by atoms with Crippen molar-refractivity contribution in [2.24, 2.45) is 0 Å². The first-order valence-corrected chi connectivity index (χ1v) is 6.29. The van der Waals surface area contributed by atoms with Crippen LogP contribution in [0.1, 0.15) is 5.56 Å². The predicted octanol–water partition coefficient (Wildman–Crippen LogP) is 1.61. The average Bonchev–Trinajstić information content (AvgIpc) is 2.10. The van der Waals surface area contributed by atoms with Gasteiger partial charge in [0.15, 0.2) is 11.5 Å². The highest BCUT2D eigenvalue weighted by atomic mass is 35.7. The molecule has 0 saturated heterocycles. The number of aromatic hydroxyl groups is 1. The van der Waals surface area contributed by atoms with Gasteiger partial charge in [0.1, 0.15) is 0 Å². The Bertz CT molecular complexity index is 472. The molecule has 0 aliphatic rings. The van der Waals surface area contributed by atoms with E-state index in [1.165, 1.54) is 13.2 Å². The van der Waals surface area contributed by atoms with E-state index in [4.69, 9.17) is 15.8 Å². The first kappa shape index (κ1) is 12.1. The van der Waals surface area contributed by atoms with Crippen LogP contribution in [-0.2, 0) is 14.8 Å². The highest BCUT2D eigenvalue weighted by Gasteiger charge is 2.17. The smallest absolute Gasteiger partial charge is 0.236 e. The lowest BCUT2D eigenvalue weighted by Gasteiger charge is -2.08. The summed E-state index contributed by atoms with van der Waals surface area (Å²) in [5, 5.41) is 9.02. The summed E-state index contributed by atoms with van der Waals surface area (Å²) >= 11 is 0. The van der Waals surface area contributed by atoms with Gasteiger partial charge in [-0.1, -0.05) is 6.07 Å². The summed E-state index contributed by atoms with van der Waals surface area (Å²) in [6, 6.07) is 2.27. The van der Waals surface area contributed by atoms with Crippen LogP contribution in [-0.4, -0.2) is 20.6 Å². The van der Waals surface area contributed by atoms with Crippen LogP contribution in [0.3, 0.4) is 0 Å². The fourth-order valence-corrected chi connectivity index (χ4v) is 2.06. The summed E-state index contributed by atoms with van der Waals surface area (Å²) in [4.78, 5) is 0. The maximum Gasteiger partial charge on any atom is 0.236 e. The van der Waals surface area contributed by atoms with E-state index in [9.17, 15) is 12.8 Å². The second kappa shape index (κ2) is 4.24. The van der Waals surface area contributed by atoms with Gasteiger partial charge in [0, 0.05) is 16.2 Å². The number of benzene rings is 1. The van der Waals surface area contributed by atoms with E-state index in [2.05, 4.69) is 4.74 Å². The van der Waals surface area contributed by atoms with E-state index in [1.54, 1.807) is 0 Å². The minimum absolute atomic E-state index is 0.0581. The van der Waals surface area contributed by atoms with Crippen molar-refractivity contribution in [3.8, 4) is 11.5 Å². The maximum absolute atomic E-state index is 13.2. The van der Waals surface area contributed by atoms with Crippen molar-refractivity contribution in [2.45, 2.75) is 5.75 Å². The summed E-state index contributed by atoms with van der Waals surface area (Å²) in [5.41, 5.74) is 0.0581. The molecule has 0 unspecified atom stereocenters. The third-order valence-corrected chi connectivity index (χ3v) is 2.67. The van der Waals surface area contributed by atoms with Crippen LogP contribution < -0.4 is 4.74 Å². The van der Waals surface area contributed by atoms with Crippen molar-refractivity contribution in [1.82, 2.24) is 0 Å². The number of phenolic OH excluding ortho intramolecular Hbond substituents is 1. The Morgan fingerprint density at radius 1 is 1.53 bits per heavy atom. The van der Waals surface area contributed by atoms with Crippen LogP contribution in [0.15, 0.2) is 12.1 Å². The molecule has 7 heteroatoms. The SMILES string of the molecule is COc1c(CS(=O)(=O)Cl)ccc(O)c1F. The van der Waals surface area contributed by atoms with E-state index in [-0.39, 0.29) is 11.3 Å². The largest absolute Gasteiger partial charge is 0.505 e. The van der Waals surface area contributed by atoms with Crippen LogP contribution >= 0.6 is 10.7 Å². The molecule has 4 nitrogen and oxygen atoms in total. The van der Waals surface area contributed by atoms with Crippen molar-refractivity contribution in [3.63, 3.8) is 0 Å². The fraction of sp³-hybridized carbons (Fsp3) is 0.250. The zero-order valence-corrected chi connectivity index (χ0v) is 9.27. The molecule has 0 saturated carbocycles. The number of methoxy groups -OCH3 is 1. The Balaban J connectivity index is 3.25. The second-order valence-corrected chi connectivity index (χ2v) is 5.55. The summed E-state index contributed by atoms with van der Waals surface area (Å²) in [6.45, 7) is 0. The topological polar surface area (TPSA) is 63.6 Å². The summed E-state index contributed by atoms with van der Waals surface area (Å²) < 4.78 is 39.4. The lowest BCUT2D eigenvalue weighted by atomic mass is 10.2. The van der Waals surface area contributed by atoms with Gasteiger partial charge in [0.05, 0.1) is 12.9 Å². The van der Waals surface area contributed by atoms with Crippen molar-refractivity contribution in [3.05, 3.63) is 23.5 Å². The van der Waals surface area contributed by atoms with Crippen LogP contribution in [0.2, 0.25) is 0 Å². The average molecular weight is 255 g/mol. The fourth-order valence-electron chi connectivity index (χ4n) is 1.11. The Labute approximate surface area is 90.7 Å². The molecule has 0 radical (unpaired) electrons. The molecule has 0 aliphatic carbocycles. The van der Waals surface area contributed by atoms with Gasteiger partial charge in [0.25, 0.3) is 0 Å². The third-order valence-electron chi connectivity index (χ3n) is 1.69. The molecule has 0 spiro atoms. The quantitative estimate of drug-likeness (QED) is 0.833. The van der Waals surface area contributed by atoms with E-state index >= 15 is 0 Å². The number of phenols is 1. The molecule has 1 N–H and O–H groups in total. The van der Waals surface area contributed by atoms with Crippen LogP contribution in [0.25, 0.3) is 0 Å². The molecule has 0 heterocycles. The molecule has 15 heavy (non-hydrogen) atoms. The lowest BCUT2D eigenvalue weighted by molar-refractivity contribution is 0.361. The zero-order chi connectivity index (χ0) is 11.6. The molecular weight excluding hydrogens is 247 g/mol. The zero-order valence-electron chi connectivity index (χ0n) is 7.70. The second-order valence-electron chi connectivity index (χ2n) is 2.77. The molecule has 1 rings (SSSR count). The number of ether oxygens (including phenoxy) is 1. The van der Waals surface area contributed by atoms with Crippen molar-refractivity contribution in [2.75, 3.05) is 7.11 Å². The van der Waals surface area contributed by atoms with Crippen molar-refractivity contribution < 1.29 is 22.7 Å². The Morgan fingerprint density at radius 2 is 2.13 bits per heavy atom. The number of hydrogen-bond donors (Lipinski definition) is 1. The Kier molecular flexibility index (Phi) is 3.41. The molecule has 0 aliphatic heterocycles. The van der Waals surface area contributed by atoms with E-state index in [1.807, 2.05) is 0 Å². The Morgan fingerprint density at radius 3 is 2.60 bits per heavy atom. The van der Waals surface area contributed by atoms with Gasteiger partial charge in [-0.05, 0) is 6.07 Å². The van der Waals surface area contributed by atoms with Gasteiger partial charge in [-0.2, -0.15) is 4.39 Å². The summed E-state index contributed by atoms with van der Waals surface area (Å²) in [6.07, 6.45) is 0. The third kappa shape index (κ3) is 2.97. The monoisotopic (exact) mass is 254 g/mol. The Hall–Kier alpha value is -1.01. The molecule has 1 aromatic carbocycles. The highest BCUT2D eigenvalue weighted by Crippen LogP contribution is 2.31. The standard InChI is InChI=1S/C8H8ClFO4S/c1-14-8-5(4-15(9,12)13)2-3-6(11)7(8)10/h2-3,11H,4H2,1H3. The molecule has 0 bridgehead atoms. The summed E-state index contributed by atoms with van der Waals surface area (Å²) in [7, 11) is 2.39. The molecule has 0 aromatic heterocycles. The first-order valence-electron chi connectivity index (χ1n) is 3.82. The van der Waals surface area contributed by atoms with Gasteiger partial charge in [-0.15, -0.1) is 0 Å². The minimum Gasteiger partial charge on any atom is -0.505 e. The number of rotatable bonds is 3. The summed E-state index contributed by atoms with van der Waals surface area (Å²) in [5.74, 6) is -2.49. The normalized spacial score (nSPS) is 11.4. The maximum atomic E-state index is 13.2. The van der Waals surface area contributed by atoms with Gasteiger partial charge in [-0.25, -0.2) is 8.42 Å².